The number of phenolic OH excluding ortho intramolecular Hbond substituents is 1. The van der Waals surface area contributed by atoms with Gasteiger partial charge in [0.25, 0.3) is 5.91 Å². The second-order valence-electron chi connectivity index (χ2n) is 11.3. The summed E-state index contributed by atoms with van der Waals surface area (Å²) in [4.78, 5) is 42.7. The van der Waals surface area contributed by atoms with E-state index in [0.29, 0.717) is 12.6 Å². The third-order valence-electron chi connectivity index (χ3n) is 9.10. The molecule has 1 fully saturated rings. The normalized spacial score (nSPS) is 28.9. The summed E-state index contributed by atoms with van der Waals surface area (Å²) < 4.78 is 15.9. The standard InChI is InChI=1S/C28H34FN3O7/c1-4-32(14-6-5-7-14)11-13-10-17(33)19-15(21(13)29)8-12-9-16-22(31(2)3)24(35)20(27(30)38)26(37)28(16,39)25(36)18(12)23(19)34/h10,12,14,16,22,33,35-36,39H,4-9,11H2,1-3H3,(H2,30,38)/t12-,16-,22-,28-/m0/s1. The number of aliphatic hydroxyl groups is 3. The predicted octanol–water partition coefficient (Wildman–Crippen LogP) is 1.63. The second-order valence-corrected chi connectivity index (χ2v) is 11.3. The Kier molecular flexibility index (Phi) is 6.60. The first-order valence-corrected chi connectivity index (χ1v) is 13.3. The minimum Gasteiger partial charge on any atom is -0.510 e. The van der Waals surface area contributed by atoms with Gasteiger partial charge in [-0.25, -0.2) is 4.39 Å². The lowest BCUT2D eigenvalue weighted by atomic mass is 9.58. The van der Waals surface area contributed by atoms with Gasteiger partial charge in [0.2, 0.25) is 5.78 Å². The Labute approximate surface area is 225 Å². The number of fused-ring (bicyclic) bond motifs is 3. The molecule has 0 unspecified atom stereocenters. The van der Waals surface area contributed by atoms with E-state index >= 15 is 4.39 Å². The summed E-state index contributed by atoms with van der Waals surface area (Å²) in [5.41, 5.74) is 1.42. The quantitative estimate of drug-likeness (QED) is 0.335. The van der Waals surface area contributed by atoms with Gasteiger partial charge in [0.15, 0.2) is 11.4 Å². The lowest BCUT2D eigenvalue weighted by molar-refractivity contribution is -0.148. The molecule has 4 atom stereocenters. The number of nitrogens with two attached hydrogens (primary N) is 1. The van der Waals surface area contributed by atoms with E-state index in [-0.39, 0.29) is 41.6 Å². The molecule has 0 bridgehead atoms. The number of amides is 1. The van der Waals surface area contributed by atoms with Crippen LogP contribution in [0.1, 0.15) is 54.1 Å². The van der Waals surface area contributed by atoms with Crippen molar-refractivity contribution in [1.82, 2.24) is 9.80 Å². The summed E-state index contributed by atoms with van der Waals surface area (Å²) in [7, 11) is 3.11. The van der Waals surface area contributed by atoms with Crippen molar-refractivity contribution in [3.8, 4) is 5.75 Å². The Balaban J connectivity index is 1.62. The number of hydrogen-bond donors (Lipinski definition) is 5. The lowest BCUT2D eigenvalue weighted by Gasteiger charge is -2.50. The van der Waals surface area contributed by atoms with Gasteiger partial charge in [0.1, 0.15) is 28.7 Å². The van der Waals surface area contributed by atoms with Crippen LogP contribution in [0.4, 0.5) is 4.39 Å². The molecule has 4 aliphatic carbocycles. The number of Topliss-reactive ketones (excluding diaryl/α,β-unsaturated/α-hetero) is 2. The van der Waals surface area contributed by atoms with Crippen molar-refractivity contribution in [3.05, 3.63) is 51.2 Å². The van der Waals surface area contributed by atoms with Gasteiger partial charge in [-0.05, 0) is 58.3 Å². The van der Waals surface area contributed by atoms with Crippen LogP contribution < -0.4 is 5.73 Å². The third kappa shape index (κ3) is 3.81. The molecule has 0 aliphatic heterocycles. The SMILES string of the molecule is CCN(Cc1cc(O)c2c(c1F)C[C@H]1C[C@H]3[C@H](N(C)C)C(O)=C(C(N)=O)C(=O)[C@@]3(O)C(O)=C1C2=O)C1CCC1. The monoisotopic (exact) mass is 543 g/mol. The Hall–Kier alpha value is -3.28. The molecule has 0 saturated heterocycles. The van der Waals surface area contributed by atoms with E-state index in [1.54, 1.807) is 14.1 Å². The van der Waals surface area contributed by atoms with E-state index in [9.17, 15) is 34.8 Å². The molecule has 4 aliphatic rings. The number of primary amides is 1. The van der Waals surface area contributed by atoms with Gasteiger partial charge < -0.3 is 26.2 Å². The van der Waals surface area contributed by atoms with Gasteiger partial charge >= 0.3 is 0 Å². The number of benzene rings is 1. The summed E-state index contributed by atoms with van der Waals surface area (Å²) >= 11 is 0. The number of aliphatic hydroxyl groups excluding tert-OH is 2. The summed E-state index contributed by atoms with van der Waals surface area (Å²) in [6.45, 7) is 2.96. The van der Waals surface area contributed by atoms with Crippen LogP contribution in [0.25, 0.3) is 0 Å². The van der Waals surface area contributed by atoms with Gasteiger partial charge in [-0.3, -0.25) is 24.2 Å². The highest BCUT2D eigenvalue weighted by Gasteiger charge is 2.63. The summed E-state index contributed by atoms with van der Waals surface area (Å²) in [5.74, 6) is -8.11. The van der Waals surface area contributed by atoms with Crippen LogP contribution in [0, 0.1) is 17.7 Å². The van der Waals surface area contributed by atoms with Gasteiger partial charge in [-0.1, -0.05) is 13.3 Å². The largest absolute Gasteiger partial charge is 0.510 e. The molecule has 11 heteroatoms. The molecule has 1 aromatic carbocycles. The predicted molar refractivity (Wildman–Crippen MR) is 137 cm³/mol. The van der Waals surface area contributed by atoms with Crippen LogP contribution in [0.15, 0.2) is 28.7 Å². The molecule has 1 aromatic rings. The van der Waals surface area contributed by atoms with Gasteiger partial charge in [-0.15, -0.1) is 0 Å². The molecule has 1 saturated carbocycles. The smallest absolute Gasteiger partial charge is 0.255 e. The number of aromatic hydroxyl groups is 1. The minimum absolute atomic E-state index is 0.0211. The van der Waals surface area contributed by atoms with Crippen molar-refractivity contribution in [2.45, 2.75) is 63.3 Å². The molecule has 0 aromatic heterocycles. The Bertz CT molecular complexity index is 1350. The van der Waals surface area contributed by atoms with E-state index in [0.717, 1.165) is 19.3 Å². The van der Waals surface area contributed by atoms with Crippen molar-refractivity contribution in [3.63, 3.8) is 0 Å². The molecule has 10 nitrogen and oxygen atoms in total. The molecule has 1 amide bonds. The van der Waals surface area contributed by atoms with Crippen molar-refractivity contribution in [2.75, 3.05) is 20.6 Å². The van der Waals surface area contributed by atoms with Crippen LogP contribution in [0.5, 0.6) is 5.75 Å². The van der Waals surface area contributed by atoms with Crippen molar-refractivity contribution < 1.29 is 39.2 Å². The molecular formula is C28H34FN3O7. The number of ketones is 2. The zero-order chi connectivity index (χ0) is 28.5. The first-order chi connectivity index (χ1) is 18.3. The molecule has 5 rings (SSSR count). The fraction of sp³-hybridized carbons (Fsp3) is 0.536. The molecule has 210 valence electrons. The third-order valence-corrected chi connectivity index (χ3v) is 9.10. The van der Waals surface area contributed by atoms with Crippen LogP contribution in [-0.2, 0) is 22.6 Å². The highest BCUT2D eigenvalue weighted by molar-refractivity contribution is 6.24. The van der Waals surface area contributed by atoms with Crippen LogP contribution in [0.2, 0.25) is 0 Å². The average molecular weight is 544 g/mol. The van der Waals surface area contributed by atoms with Crippen LogP contribution in [-0.4, -0.2) is 86.0 Å². The second kappa shape index (κ2) is 9.42. The zero-order valence-corrected chi connectivity index (χ0v) is 22.2. The van der Waals surface area contributed by atoms with Gasteiger partial charge in [0.05, 0.1) is 11.6 Å². The van der Waals surface area contributed by atoms with Crippen molar-refractivity contribution in [2.24, 2.45) is 17.6 Å². The first-order valence-electron chi connectivity index (χ1n) is 13.3. The topological polar surface area (TPSA) is 165 Å². The molecule has 6 N–H and O–H groups in total. The van der Waals surface area contributed by atoms with Crippen molar-refractivity contribution >= 4 is 17.5 Å². The van der Waals surface area contributed by atoms with Gasteiger partial charge in [-0.2, -0.15) is 0 Å². The maximum Gasteiger partial charge on any atom is 0.255 e. The molecule has 0 heterocycles. The lowest BCUT2D eigenvalue weighted by Crippen LogP contribution is -2.63. The number of nitrogens with zero attached hydrogens (tertiary/aromatic N) is 2. The molecular weight excluding hydrogens is 509 g/mol. The number of carbonyl (C=O) groups excluding carboxylic acids is 3. The number of carbonyl (C=O) groups is 3. The van der Waals surface area contributed by atoms with Crippen LogP contribution >= 0.6 is 0 Å². The minimum atomic E-state index is -2.72. The number of rotatable bonds is 6. The van der Waals surface area contributed by atoms with E-state index in [1.165, 1.54) is 11.0 Å². The van der Waals surface area contributed by atoms with Gasteiger partial charge in [0, 0.05) is 35.2 Å². The Morgan fingerprint density at radius 1 is 1.21 bits per heavy atom. The fourth-order valence-corrected chi connectivity index (χ4v) is 6.94. The van der Waals surface area contributed by atoms with Crippen molar-refractivity contribution in [1.29, 1.82) is 0 Å². The maximum absolute atomic E-state index is 15.9. The summed E-state index contributed by atoms with van der Waals surface area (Å²) in [5, 5.41) is 44.6. The zero-order valence-electron chi connectivity index (χ0n) is 22.2. The molecule has 0 radical (unpaired) electrons. The number of hydrogen-bond acceptors (Lipinski definition) is 9. The number of allylic oxidation sites excluding steroid dienone is 1. The van der Waals surface area contributed by atoms with E-state index < -0.39 is 69.6 Å². The first kappa shape index (κ1) is 27.3. The number of halogens is 1. The van der Waals surface area contributed by atoms with E-state index in [1.807, 2.05) is 6.92 Å². The molecule has 39 heavy (non-hydrogen) atoms. The van der Waals surface area contributed by atoms with E-state index in [2.05, 4.69) is 4.90 Å². The highest BCUT2D eigenvalue weighted by Crippen LogP contribution is 2.52. The summed E-state index contributed by atoms with van der Waals surface area (Å²) in [6.07, 6.45) is 3.00. The highest BCUT2D eigenvalue weighted by atomic mass is 19.1. The maximum atomic E-state index is 15.9. The Morgan fingerprint density at radius 2 is 1.87 bits per heavy atom. The van der Waals surface area contributed by atoms with Crippen LogP contribution in [0.3, 0.4) is 0 Å². The Morgan fingerprint density at radius 3 is 2.41 bits per heavy atom. The summed E-state index contributed by atoms with van der Waals surface area (Å²) in [6, 6.07) is 0.473. The fourth-order valence-electron chi connectivity index (χ4n) is 6.94. The number of phenols is 1. The number of likely N-dealkylation sites (N-methyl/N-ethyl adjacent to an activating group) is 1. The van der Waals surface area contributed by atoms with E-state index in [4.69, 9.17) is 5.73 Å². The molecule has 0 spiro atoms. The average Bonchev–Trinajstić information content (AvgIpc) is 2.82.